The minimum Gasteiger partial charge on any atom is -0.296 e. The molecule has 8 heteroatoms. The molecule has 2 atom stereocenters. The highest BCUT2D eigenvalue weighted by Crippen LogP contribution is 2.25. The second-order valence-electron chi connectivity index (χ2n) is 9.13. The number of carbonyl (C=O) groups excluding carboxylic acids is 2. The maximum Gasteiger partial charge on any atom is 0.328 e. The normalized spacial score (nSPS) is 24.1. The minimum atomic E-state index is -0.379. The summed E-state index contributed by atoms with van der Waals surface area (Å²) in [7, 11) is 0. The molecule has 0 bridgehead atoms. The van der Waals surface area contributed by atoms with Crippen LogP contribution in [0.1, 0.15) is 39.7 Å². The highest BCUT2D eigenvalue weighted by atomic mass is 16.2. The number of piperazine rings is 1. The van der Waals surface area contributed by atoms with Gasteiger partial charge in [0, 0.05) is 57.4 Å². The fraction of sp³-hybridized carbons (Fsp3) is 0.591. The molecule has 162 valence electrons. The Morgan fingerprint density at radius 1 is 1.20 bits per heavy atom. The number of nitrogens with zero attached hydrogens (tertiary/aromatic N) is 5. The molecule has 2 aromatic heterocycles. The lowest BCUT2D eigenvalue weighted by Gasteiger charge is -2.45. The summed E-state index contributed by atoms with van der Waals surface area (Å²) in [5, 5.41) is 6.77. The minimum absolute atomic E-state index is 0.228. The molecule has 1 N–H and O–H groups in total. The van der Waals surface area contributed by atoms with Gasteiger partial charge >= 0.3 is 6.03 Å². The molecule has 2 aromatic rings. The Bertz CT molecular complexity index is 927. The first-order valence-electron chi connectivity index (χ1n) is 10.9. The van der Waals surface area contributed by atoms with Gasteiger partial charge in [0.1, 0.15) is 0 Å². The zero-order valence-corrected chi connectivity index (χ0v) is 18.3. The van der Waals surface area contributed by atoms with Crippen molar-refractivity contribution in [1.82, 2.24) is 24.7 Å². The van der Waals surface area contributed by atoms with Gasteiger partial charge in [-0.15, -0.1) is 0 Å². The van der Waals surface area contributed by atoms with Crippen LogP contribution in [0, 0.1) is 5.92 Å². The van der Waals surface area contributed by atoms with Crippen molar-refractivity contribution < 1.29 is 9.59 Å². The average molecular weight is 413 g/mol. The van der Waals surface area contributed by atoms with Crippen molar-refractivity contribution in [2.24, 2.45) is 5.92 Å². The number of nitrogens with one attached hydrogen (secondary N) is 1. The summed E-state index contributed by atoms with van der Waals surface area (Å²) in [6.45, 7) is 13.7. The second kappa shape index (κ2) is 8.35. The monoisotopic (exact) mass is 412 g/mol. The SMILES string of the molecule is CC(C)CN1[C@H](C)CN(Cc2ccn3ncc(N4CCC(=O)NC4=O)c3c2)C[C@@H]1C. The van der Waals surface area contributed by atoms with Crippen LogP contribution >= 0.6 is 0 Å². The molecule has 4 rings (SSSR count). The van der Waals surface area contributed by atoms with Crippen LogP contribution in [0.4, 0.5) is 10.5 Å². The maximum atomic E-state index is 12.3. The van der Waals surface area contributed by atoms with Gasteiger partial charge in [0.2, 0.25) is 5.91 Å². The molecule has 0 spiro atoms. The summed E-state index contributed by atoms with van der Waals surface area (Å²) in [6, 6.07) is 4.89. The van der Waals surface area contributed by atoms with E-state index in [-0.39, 0.29) is 11.9 Å². The third-order valence-electron chi connectivity index (χ3n) is 6.07. The number of fused-ring (bicyclic) bond motifs is 1. The summed E-state index contributed by atoms with van der Waals surface area (Å²) < 4.78 is 1.79. The van der Waals surface area contributed by atoms with Crippen LogP contribution < -0.4 is 10.2 Å². The van der Waals surface area contributed by atoms with Gasteiger partial charge in [-0.3, -0.25) is 24.8 Å². The fourth-order valence-corrected chi connectivity index (χ4v) is 4.75. The number of rotatable bonds is 5. The molecule has 2 saturated heterocycles. The van der Waals surface area contributed by atoms with Crippen molar-refractivity contribution in [3.63, 3.8) is 0 Å². The average Bonchev–Trinajstić information content (AvgIpc) is 3.08. The largest absolute Gasteiger partial charge is 0.328 e. The zero-order valence-electron chi connectivity index (χ0n) is 18.3. The lowest BCUT2D eigenvalue weighted by molar-refractivity contribution is -0.120. The first kappa shape index (κ1) is 20.8. The quantitative estimate of drug-likeness (QED) is 0.816. The van der Waals surface area contributed by atoms with Gasteiger partial charge in [-0.1, -0.05) is 13.8 Å². The number of aromatic nitrogens is 2. The highest BCUT2D eigenvalue weighted by molar-refractivity contribution is 6.07. The molecule has 0 unspecified atom stereocenters. The summed E-state index contributed by atoms with van der Waals surface area (Å²) in [4.78, 5) is 30.5. The number of hydrogen-bond acceptors (Lipinski definition) is 5. The summed E-state index contributed by atoms with van der Waals surface area (Å²) in [6.07, 6.45) is 3.95. The van der Waals surface area contributed by atoms with Gasteiger partial charge in [-0.2, -0.15) is 5.10 Å². The van der Waals surface area contributed by atoms with E-state index in [1.807, 2.05) is 6.20 Å². The number of urea groups is 1. The predicted molar refractivity (Wildman–Crippen MR) is 116 cm³/mol. The molecular weight excluding hydrogens is 380 g/mol. The number of anilines is 1. The molecule has 0 aromatic carbocycles. The van der Waals surface area contributed by atoms with E-state index in [1.165, 1.54) is 5.56 Å². The van der Waals surface area contributed by atoms with Crippen LogP contribution in [0.5, 0.6) is 0 Å². The Hall–Kier alpha value is -2.45. The number of amides is 3. The zero-order chi connectivity index (χ0) is 21.4. The van der Waals surface area contributed by atoms with Crippen molar-refractivity contribution in [3.05, 3.63) is 30.1 Å². The van der Waals surface area contributed by atoms with Crippen molar-refractivity contribution in [2.45, 2.75) is 52.7 Å². The molecule has 8 nitrogen and oxygen atoms in total. The summed E-state index contributed by atoms with van der Waals surface area (Å²) in [5.74, 6) is 0.444. The Morgan fingerprint density at radius 2 is 1.93 bits per heavy atom. The van der Waals surface area contributed by atoms with Gasteiger partial charge in [-0.25, -0.2) is 9.31 Å². The van der Waals surface area contributed by atoms with Crippen molar-refractivity contribution >= 4 is 23.1 Å². The van der Waals surface area contributed by atoms with E-state index in [2.05, 4.69) is 60.0 Å². The summed E-state index contributed by atoms with van der Waals surface area (Å²) in [5.41, 5.74) is 2.83. The predicted octanol–water partition coefficient (Wildman–Crippen LogP) is 2.33. The Morgan fingerprint density at radius 3 is 2.60 bits per heavy atom. The van der Waals surface area contributed by atoms with E-state index in [4.69, 9.17) is 0 Å². The number of hydrogen-bond donors (Lipinski definition) is 1. The van der Waals surface area contributed by atoms with Crippen molar-refractivity contribution in [2.75, 3.05) is 31.1 Å². The summed E-state index contributed by atoms with van der Waals surface area (Å²) >= 11 is 0. The van der Waals surface area contributed by atoms with E-state index >= 15 is 0 Å². The lowest BCUT2D eigenvalue weighted by atomic mass is 10.0. The molecule has 0 saturated carbocycles. The first-order chi connectivity index (χ1) is 14.3. The van der Waals surface area contributed by atoms with Crippen LogP contribution in [0.2, 0.25) is 0 Å². The van der Waals surface area contributed by atoms with Crippen LogP contribution in [0.3, 0.4) is 0 Å². The number of imide groups is 1. The van der Waals surface area contributed by atoms with E-state index in [9.17, 15) is 9.59 Å². The number of pyridine rings is 1. The third-order valence-corrected chi connectivity index (χ3v) is 6.07. The van der Waals surface area contributed by atoms with Crippen LogP contribution in [0.15, 0.2) is 24.5 Å². The number of carbonyl (C=O) groups is 2. The molecule has 2 aliphatic rings. The van der Waals surface area contributed by atoms with E-state index < -0.39 is 0 Å². The second-order valence-corrected chi connectivity index (χ2v) is 9.13. The van der Waals surface area contributed by atoms with Gasteiger partial charge in [0.05, 0.1) is 17.4 Å². The van der Waals surface area contributed by atoms with Gasteiger partial charge in [0.15, 0.2) is 0 Å². The van der Waals surface area contributed by atoms with Gasteiger partial charge in [-0.05, 0) is 37.5 Å². The highest BCUT2D eigenvalue weighted by Gasteiger charge is 2.30. The van der Waals surface area contributed by atoms with E-state index in [0.717, 1.165) is 37.4 Å². The Labute approximate surface area is 177 Å². The standard InChI is InChI=1S/C22H32N6O2/c1-15(2)11-27-16(3)12-25(13-17(27)4)14-18-5-8-28-19(9-18)20(10-23-28)26-7-6-21(29)24-22(26)30/h5,8-10,15-17H,6-7,11-14H2,1-4H3,(H,24,29,30)/t16-,17+. The third kappa shape index (κ3) is 4.20. The molecule has 2 aliphatic heterocycles. The lowest BCUT2D eigenvalue weighted by Crippen LogP contribution is -2.57. The van der Waals surface area contributed by atoms with E-state index in [1.54, 1.807) is 15.6 Å². The molecule has 3 amide bonds. The molecule has 4 heterocycles. The smallest absolute Gasteiger partial charge is 0.296 e. The Balaban J connectivity index is 1.50. The fourth-order valence-electron chi connectivity index (χ4n) is 4.75. The first-order valence-corrected chi connectivity index (χ1v) is 10.9. The molecular formula is C22H32N6O2. The molecule has 0 radical (unpaired) electrons. The van der Waals surface area contributed by atoms with Crippen LogP contribution in [0.25, 0.3) is 5.52 Å². The van der Waals surface area contributed by atoms with Crippen molar-refractivity contribution in [3.8, 4) is 0 Å². The van der Waals surface area contributed by atoms with E-state index in [0.29, 0.717) is 31.0 Å². The molecule has 30 heavy (non-hydrogen) atoms. The molecule has 0 aliphatic carbocycles. The van der Waals surface area contributed by atoms with Crippen molar-refractivity contribution in [1.29, 1.82) is 0 Å². The van der Waals surface area contributed by atoms with Crippen LogP contribution in [-0.2, 0) is 11.3 Å². The van der Waals surface area contributed by atoms with Gasteiger partial charge in [0.25, 0.3) is 0 Å². The maximum absolute atomic E-state index is 12.3. The molecule has 2 fully saturated rings. The topological polar surface area (TPSA) is 73.2 Å². The Kier molecular flexibility index (Phi) is 5.79. The van der Waals surface area contributed by atoms with Gasteiger partial charge < -0.3 is 0 Å². The van der Waals surface area contributed by atoms with Crippen LogP contribution in [-0.4, -0.2) is 69.6 Å².